The first-order valence-electron chi connectivity index (χ1n) is 7.14. The van der Waals surface area contributed by atoms with E-state index in [0.717, 1.165) is 5.56 Å². The molecule has 0 spiro atoms. The molecule has 23 heavy (non-hydrogen) atoms. The van der Waals surface area contributed by atoms with Gasteiger partial charge in [0.15, 0.2) is 0 Å². The van der Waals surface area contributed by atoms with Crippen LogP contribution in [0.4, 0.5) is 21.8 Å². The summed E-state index contributed by atoms with van der Waals surface area (Å²) >= 11 is 0. The summed E-state index contributed by atoms with van der Waals surface area (Å²) in [5, 5.41) is 6.32. The Bertz CT molecular complexity index is 761. The number of nitrogens with one attached hydrogen (secondary N) is 2. The van der Waals surface area contributed by atoms with Gasteiger partial charge in [0.1, 0.15) is 23.3 Å². The molecule has 6 heteroatoms. The van der Waals surface area contributed by atoms with Crippen LogP contribution in [-0.4, -0.2) is 15.0 Å². The highest BCUT2D eigenvalue weighted by Gasteiger charge is 2.07. The summed E-state index contributed by atoms with van der Waals surface area (Å²) in [6.07, 6.45) is 4.82. The number of nitrogens with zero attached hydrogens (tertiary/aromatic N) is 3. The molecule has 0 saturated heterocycles. The molecule has 0 aliphatic rings. The third-order valence-electron chi connectivity index (χ3n) is 3.23. The quantitative estimate of drug-likeness (QED) is 0.752. The van der Waals surface area contributed by atoms with E-state index in [4.69, 9.17) is 0 Å². The van der Waals surface area contributed by atoms with Crippen molar-refractivity contribution in [2.24, 2.45) is 0 Å². The normalized spacial score (nSPS) is 11.7. The van der Waals surface area contributed by atoms with Gasteiger partial charge in [0, 0.05) is 18.4 Å². The van der Waals surface area contributed by atoms with Gasteiger partial charge in [0.05, 0.1) is 6.20 Å². The van der Waals surface area contributed by atoms with E-state index in [1.807, 2.05) is 6.92 Å². The monoisotopic (exact) mass is 308 g/mol. The average Bonchev–Trinajstić information content (AvgIpc) is 2.57. The highest BCUT2D eigenvalue weighted by Crippen LogP contribution is 2.20. The van der Waals surface area contributed by atoms with Crippen LogP contribution in [0.15, 0.2) is 55.0 Å². The molecule has 1 radical (unpaired) electrons. The summed E-state index contributed by atoms with van der Waals surface area (Å²) in [7, 11) is 0. The zero-order valence-electron chi connectivity index (χ0n) is 12.5. The summed E-state index contributed by atoms with van der Waals surface area (Å²) in [4.78, 5) is 12.6. The van der Waals surface area contributed by atoms with Crippen molar-refractivity contribution in [2.45, 2.75) is 13.0 Å². The van der Waals surface area contributed by atoms with E-state index < -0.39 is 0 Å². The highest BCUT2D eigenvalue weighted by molar-refractivity contribution is 5.53. The first-order valence-corrected chi connectivity index (χ1v) is 7.14. The third kappa shape index (κ3) is 4.00. The molecular formula is C17H15FN5. The van der Waals surface area contributed by atoms with E-state index in [1.54, 1.807) is 42.9 Å². The van der Waals surface area contributed by atoms with E-state index in [2.05, 4.69) is 31.7 Å². The minimum Gasteiger partial charge on any atom is -0.363 e. The minimum atomic E-state index is -0.248. The Kier molecular flexibility index (Phi) is 4.42. The second-order valence-electron chi connectivity index (χ2n) is 4.97. The second kappa shape index (κ2) is 6.83. The van der Waals surface area contributed by atoms with Crippen molar-refractivity contribution in [2.75, 3.05) is 10.6 Å². The number of hydrogen-bond acceptors (Lipinski definition) is 5. The summed E-state index contributed by atoms with van der Waals surface area (Å²) in [5.74, 6) is 1.64. The predicted molar refractivity (Wildman–Crippen MR) is 86.8 cm³/mol. The van der Waals surface area contributed by atoms with Crippen molar-refractivity contribution >= 4 is 17.5 Å². The second-order valence-corrected chi connectivity index (χ2v) is 4.97. The van der Waals surface area contributed by atoms with Gasteiger partial charge in [-0.1, -0.05) is 12.1 Å². The molecule has 1 aromatic carbocycles. The van der Waals surface area contributed by atoms with Crippen molar-refractivity contribution in [1.82, 2.24) is 15.0 Å². The van der Waals surface area contributed by atoms with Gasteiger partial charge < -0.3 is 10.6 Å². The molecule has 3 aromatic rings. The van der Waals surface area contributed by atoms with Crippen LogP contribution < -0.4 is 10.6 Å². The molecular weight excluding hydrogens is 293 g/mol. The van der Waals surface area contributed by atoms with Crippen molar-refractivity contribution in [1.29, 1.82) is 0 Å². The number of rotatable bonds is 5. The fourth-order valence-electron chi connectivity index (χ4n) is 2.08. The lowest BCUT2D eigenvalue weighted by atomic mass is 10.1. The molecule has 3 rings (SSSR count). The van der Waals surface area contributed by atoms with E-state index in [9.17, 15) is 4.39 Å². The maximum absolute atomic E-state index is 13.0. The fourth-order valence-corrected chi connectivity index (χ4v) is 2.08. The van der Waals surface area contributed by atoms with Crippen LogP contribution in [0.5, 0.6) is 0 Å². The van der Waals surface area contributed by atoms with Crippen molar-refractivity contribution in [3.05, 3.63) is 72.4 Å². The number of hydrogen-bond donors (Lipinski definition) is 2. The summed E-state index contributed by atoms with van der Waals surface area (Å²) in [5.41, 5.74) is 0.973. The largest absolute Gasteiger partial charge is 0.363 e. The maximum Gasteiger partial charge on any atom is 0.150 e. The van der Waals surface area contributed by atoms with Crippen LogP contribution in [0.3, 0.4) is 0 Å². The number of anilines is 3. The number of benzene rings is 1. The van der Waals surface area contributed by atoms with E-state index in [-0.39, 0.29) is 11.9 Å². The molecule has 115 valence electrons. The summed E-state index contributed by atoms with van der Waals surface area (Å²) in [6, 6.07) is 12.9. The molecule has 0 fully saturated rings. The lowest BCUT2D eigenvalue weighted by Gasteiger charge is -2.15. The lowest BCUT2D eigenvalue weighted by Crippen LogP contribution is -2.08. The van der Waals surface area contributed by atoms with E-state index in [0.29, 0.717) is 17.5 Å². The number of aromatic nitrogens is 3. The molecule has 1 atom stereocenters. The molecule has 0 aliphatic carbocycles. The van der Waals surface area contributed by atoms with Gasteiger partial charge in [0.2, 0.25) is 0 Å². The van der Waals surface area contributed by atoms with Gasteiger partial charge in [-0.25, -0.2) is 14.4 Å². The third-order valence-corrected chi connectivity index (χ3v) is 3.23. The minimum absolute atomic E-state index is 0.0109. The van der Waals surface area contributed by atoms with Gasteiger partial charge in [-0.2, -0.15) is 0 Å². The smallest absolute Gasteiger partial charge is 0.150 e. The Morgan fingerprint density at radius 2 is 1.83 bits per heavy atom. The van der Waals surface area contributed by atoms with Crippen LogP contribution in [0, 0.1) is 11.9 Å². The van der Waals surface area contributed by atoms with Crippen LogP contribution >= 0.6 is 0 Å². The zero-order valence-corrected chi connectivity index (χ0v) is 12.5. The first-order chi connectivity index (χ1) is 11.2. The molecule has 1 unspecified atom stereocenters. The Labute approximate surface area is 133 Å². The predicted octanol–water partition coefficient (Wildman–Crippen LogP) is 3.73. The topological polar surface area (TPSA) is 62.7 Å². The van der Waals surface area contributed by atoms with E-state index in [1.165, 1.54) is 12.1 Å². The number of pyridine rings is 1. The maximum atomic E-state index is 13.0. The zero-order chi connectivity index (χ0) is 16.1. The molecule has 0 amide bonds. The van der Waals surface area contributed by atoms with Crippen LogP contribution in [0.2, 0.25) is 0 Å². The van der Waals surface area contributed by atoms with Crippen molar-refractivity contribution in [3.63, 3.8) is 0 Å². The molecule has 0 saturated carbocycles. The molecule has 2 N–H and O–H groups in total. The molecule has 5 nitrogen and oxygen atoms in total. The lowest BCUT2D eigenvalue weighted by molar-refractivity contribution is 0.626. The molecule has 0 bridgehead atoms. The Hall–Kier alpha value is -3.02. The number of halogens is 1. The Morgan fingerprint density at radius 3 is 2.57 bits per heavy atom. The Morgan fingerprint density at radius 1 is 1.04 bits per heavy atom. The van der Waals surface area contributed by atoms with Gasteiger partial charge in [-0.3, -0.25) is 4.98 Å². The van der Waals surface area contributed by atoms with Crippen LogP contribution in [0.25, 0.3) is 0 Å². The SMILES string of the molecule is CC(Nc1c[c]cc(Nc2cnccn2)n1)c1ccc(F)cc1. The molecule has 2 aromatic heterocycles. The van der Waals surface area contributed by atoms with Gasteiger partial charge in [0.25, 0.3) is 0 Å². The van der Waals surface area contributed by atoms with Crippen LogP contribution in [-0.2, 0) is 0 Å². The van der Waals surface area contributed by atoms with Gasteiger partial charge in [-0.15, -0.1) is 0 Å². The van der Waals surface area contributed by atoms with Gasteiger partial charge in [-0.05, 0) is 42.8 Å². The molecule has 0 aliphatic heterocycles. The van der Waals surface area contributed by atoms with Crippen molar-refractivity contribution < 1.29 is 4.39 Å². The van der Waals surface area contributed by atoms with Crippen LogP contribution in [0.1, 0.15) is 18.5 Å². The first kappa shape index (κ1) is 14.9. The van der Waals surface area contributed by atoms with Gasteiger partial charge >= 0.3 is 0 Å². The molecule has 2 heterocycles. The van der Waals surface area contributed by atoms with Crippen molar-refractivity contribution in [3.8, 4) is 0 Å². The Balaban J connectivity index is 1.71. The highest BCUT2D eigenvalue weighted by atomic mass is 19.1. The van der Waals surface area contributed by atoms with E-state index >= 15 is 0 Å². The average molecular weight is 308 g/mol. The summed E-state index contributed by atoms with van der Waals surface area (Å²) < 4.78 is 13.0. The summed E-state index contributed by atoms with van der Waals surface area (Å²) in [6.45, 7) is 1.98. The standard InChI is InChI=1S/C17H15FN5/c1-12(13-5-7-14(18)8-6-13)21-15-3-2-4-16(22-15)23-17-11-19-9-10-20-17/h3-12H,1H3,(H2,20,21,22,23). The fraction of sp³-hybridized carbons (Fsp3) is 0.118.